The van der Waals surface area contributed by atoms with Crippen molar-refractivity contribution in [2.75, 3.05) is 0 Å². The number of hydrogen-bond donors (Lipinski definition) is 0. The van der Waals surface area contributed by atoms with E-state index in [1.807, 2.05) is 12.1 Å². The zero-order valence-corrected chi connectivity index (χ0v) is 21.9. The van der Waals surface area contributed by atoms with Gasteiger partial charge in [-0.3, -0.25) is 4.57 Å². The average molecular weight is 523 g/mol. The van der Waals surface area contributed by atoms with Crippen LogP contribution in [-0.2, 0) is 0 Å². The Labute approximate surface area is 213 Å². The third-order valence-corrected chi connectivity index (χ3v) is 7.27. The molecule has 4 heteroatoms. The Morgan fingerprint density at radius 1 is 0.771 bits per heavy atom. The summed E-state index contributed by atoms with van der Waals surface area (Å²) in [5.41, 5.74) is 8.65. The molecule has 4 aromatic carbocycles. The fraction of sp³-hybridized carbons (Fsp3) is 0.194. The highest BCUT2D eigenvalue weighted by Gasteiger charge is 2.24. The van der Waals surface area contributed by atoms with Gasteiger partial charge < -0.3 is 4.42 Å². The molecule has 3 nitrogen and oxygen atoms in total. The number of hydrogen-bond acceptors (Lipinski definition) is 2. The Bertz CT molecular complexity index is 1690. The number of imidazole rings is 1. The summed E-state index contributed by atoms with van der Waals surface area (Å²) in [6, 6.07) is 27.5. The first kappa shape index (κ1) is 22.1. The highest BCUT2D eigenvalue weighted by molar-refractivity contribution is 9.10. The molecule has 0 aliphatic rings. The summed E-state index contributed by atoms with van der Waals surface area (Å²) in [5.74, 6) is 1.59. The van der Waals surface area contributed by atoms with Gasteiger partial charge in [0.25, 0.3) is 0 Å². The lowest BCUT2D eigenvalue weighted by Crippen LogP contribution is -2.09. The number of rotatable bonds is 4. The van der Waals surface area contributed by atoms with Crippen LogP contribution in [-0.4, -0.2) is 9.55 Å². The van der Waals surface area contributed by atoms with Crippen LogP contribution in [0.3, 0.4) is 0 Å². The predicted octanol–water partition coefficient (Wildman–Crippen LogP) is 9.60. The van der Waals surface area contributed by atoms with Gasteiger partial charge in [0, 0.05) is 15.2 Å². The lowest BCUT2D eigenvalue weighted by atomic mass is 9.92. The quantitative estimate of drug-likeness (QED) is 0.230. The van der Waals surface area contributed by atoms with Gasteiger partial charge in [-0.15, -0.1) is 0 Å². The monoisotopic (exact) mass is 522 g/mol. The van der Waals surface area contributed by atoms with Crippen molar-refractivity contribution in [3.05, 3.63) is 94.5 Å². The van der Waals surface area contributed by atoms with E-state index in [4.69, 9.17) is 9.40 Å². The van der Waals surface area contributed by atoms with E-state index < -0.39 is 0 Å². The minimum Gasteiger partial charge on any atom is -0.455 e. The minimum absolute atomic E-state index is 0.344. The summed E-state index contributed by atoms with van der Waals surface area (Å²) >= 11 is 3.77. The molecule has 2 aromatic heterocycles. The van der Waals surface area contributed by atoms with E-state index in [1.54, 1.807) is 0 Å². The van der Waals surface area contributed by atoms with Gasteiger partial charge in [-0.1, -0.05) is 86.1 Å². The average Bonchev–Trinajstić information content (AvgIpc) is 3.42. The van der Waals surface area contributed by atoms with Crippen LogP contribution in [0.1, 0.15) is 50.7 Å². The predicted molar refractivity (Wildman–Crippen MR) is 150 cm³/mol. The van der Waals surface area contributed by atoms with Crippen LogP contribution in [0.5, 0.6) is 0 Å². The SMILES string of the molecule is CC(C)c1cc(Br)cc(C(C)C)c1-n1c(-c2cccc3c2oc2ccccc23)nc2ccccc21. The van der Waals surface area contributed by atoms with E-state index in [9.17, 15) is 0 Å². The molecule has 6 rings (SSSR count). The fourth-order valence-electron chi connectivity index (χ4n) is 5.14. The molecule has 0 saturated heterocycles. The number of para-hydroxylation sites is 4. The number of fused-ring (bicyclic) bond motifs is 4. The van der Waals surface area contributed by atoms with Crippen molar-refractivity contribution in [1.82, 2.24) is 9.55 Å². The molecule has 0 aliphatic heterocycles. The van der Waals surface area contributed by atoms with Crippen LogP contribution >= 0.6 is 15.9 Å². The molecule has 0 fully saturated rings. The van der Waals surface area contributed by atoms with E-state index in [0.717, 1.165) is 48.8 Å². The standard InChI is InChI=1S/C31H27BrN2O/c1-18(2)24-16-20(32)17-25(19(3)4)29(24)34-27-14-7-6-13-26(27)33-31(34)23-12-9-11-22-21-10-5-8-15-28(21)35-30(22)23/h5-19H,1-4H3. The molecule has 6 aromatic rings. The molecule has 2 heterocycles. The topological polar surface area (TPSA) is 31.0 Å². The Morgan fingerprint density at radius 2 is 1.43 bits per heavy atom. The molecular formula is C31H27BrN2O. The first-order valence-electron chi connectivity index (χ1n) is 12.2. The summed E-state index contributed by atoms with van der Waals surface area (Å²) < 4.78 is 9.90. The van der Waals surface area contributed by atoms with Crippen molar-refractivity contribution < 1.29 is 4.42 Å². The number of aromatic nitrogens is 2. The van der Waals surface area contributed by atoms with Crippen LogP contribution in [0.4, 0.5) is 0 Å². The van der Waals surface area contributed by atoms with Gasteiger partial charge in [-0.25, -0.2) is 4.98 Å². The smallest absolute Gasteiger partial charge is 0.149 e. The maximum atomic E-state index is 6.44. The lowest BCUT2D eigenvalue weighted by molar-refractivity contribution is 0.669. The largest absolute Gasteiger partial charge is 0.455 e. The number of halogens is 1. The van der Waals surface area contributed by atoms with E-state index >= 15 is 0 Å². The second kappa shape index (κ2) is 8.39. The summed E-state index contributed by atoms with van der Waals surface area (Å²) in [6.45, 7) is 9.03. The van der Waals surface area contributed by atoms with Crippen molar-refractivity contribution >= 4 is 48.9 Å². The number of furan rings is 1. The van der Waals surface area contributed by atoms with Crippen molar-refractivity contribution in [3.63, 3.8) is 0 Å². The molecule has 0 N–H and O–H groups in total. The second-order valence-corrected chi connectivity index (χ2v) is 10.7. The normalized spacial score (nSPS) is 12.1. The van der Waals surface area contributed by atoms with Crippen LogP contribution < -0.4 is 0 Å². The molecule has 0 bridgehead atoms. The Hall–Kier alpha value is -3.37. The third kappa shape index (κ3) is 3.51. The van der Waals surface area contributed by atoms with Gasteiger partial charge in [-0.2, -0.15) is 0 Å². The van der Waals surface area contributed by atoms with Crippen molar-refractivity contribution in [1.29, 1.82) is 0 Å². The number of benzene rings is 4. The van der Waals surface area contributed by atoms with Gasteiger partial charge in [-0.05, 0) is 59.4 Å². The van der Waals surface area contributed by atoms with Crippen LogP contribution in [0.2, 0.25) is 0 Å². The van der Waals surface area contributed by atoms with Crippen molar-refractivity contribution in [3.8, 4) is 17.1 Å². The van der Waals surface area contributed by atoms with Gasteiger partial charge in [0.1, 0.15) is 17.0 Å². The maximum absolute atomic E-state index is 6.44. The van der Waals surface area contributed by atoms with Crippen LogP contribution in [0, 0.1) is 0 Å². The first-order chi connectivity index (χ1) is 16.9. The molecule has 0 atom stereocenters. The zero-order chi connectivity index (χ0) is 24.3. The molecular weight excluding hydrogens is 496 g/mol. The highest BCUT2D eigenvalue weighted by Crippen LogP contribution is 2.41. The van der Waals surface area contributed by atoms with Crippen molar-refractivity contribution in [2.45, 2.75) is 39.5 Å². The van der Waals surface area contributed by atoms with Gasteiger partial charge >= 0.3 is 0 Å². The Balaban J connectivity index is 1.77. The molecule has 35 heavy (non-hydrogen) atoms. The molecule has 174 valence electrons. The maximum Gasteiger partial charge on any atom is 0.149 e. The van der Waals surface area contributed by atoms with E-state index in [-0.39, 0.29) is 0 Å². The molecule has 0 radical (unpaired) electrons. The van der Waals surface area contributed by atoms with Crippen LogP contribution in [0.25, 0.3) is 50.0 Å². The van der Waals surface area contributed by atoms with E-state index in [1.165, 1.54) is 16.8 Å². The molecule has 0 saturated carbocycles. The summed E-state index contributed by atoms with van der Waals surface area (Å²) in [5, 5.41) is 2.24. The fourth-order valence-corrected chi connectivity index (χ4v) is 5.63. The molecule has 0 spiro atoms. The Morgan fingerprint density at radius 3 is 2.17 bits per heavy atom. The zero-order valence-electron chi connectivity index (χ0n) is 20.3. The van der Waals surface area contributed by atoms with E-state index in [0.29, 0.717) is 11.8 Å². The molecule has 0 aliphatic carbocycles. The highest BCUT2D eigenvalue weighted by atomic mass is 79.9. The minimum atomic E-state index is 0.344. The molecule has 0 unspecified atom stereocenters. The van der Waals surface area contributed by atoms with Crippen molar-refractivity contribution in [2.24, 2.45) is 0 Å². The lowest BCUT2D eigenvalue weighted by Gasteiger charge is -2.23. The Kier molecular flexibility index (Phi) is 5.30. The van der Waals surface area contributed by atoms with Gasteiger partial charge in [0.15, 0.2) is 0 Å². The first-order valence-corrected chi connectivity index (χ1v) is 12.9. The van der Waals surface area contributed by atoms with E-state index in [2.05, 4.69) is 115 Å². The summed E-state index contributed by atoms with van der Waals surface area (Å²) in [4.78, 5) is 5.19. The number of nitrogens with zero attached hydrogens (tertiary/aromatic N) is 2. The third-order valence-electron chi connectivity index (χ3n) is 6.81. The second-order valence-electron chi connectivity index (χ2n) is 9.78. The van der Waals surface area contributed by atoms with Gasteiger partial charge in [0.2, 0.25) is 0 Å². The summed E-state index contributed by atoms with van der Waals surface area (Å²) in [6.07, 6.45) is 0. The molecule has 0 amide bonds. The van der Waals surface area contributed by atoms with Crippen LogP contribution in [0.15, 0.2) is 87.8 Å². The summed E-state index contributed by atoms with van der Waals surface area (Å²) in [7, 11) is 0. The van der Waals surface area contributed by atoms with Gasteiger partial charge in [0.05, 0.1) is 22.3 Å².